The van der Waals surface area contributed by atoms with Gasteiger partial charge in [0, 0.05) is 19.0 Å². The second-order valence-corrected chi connectivity index (χ2v) is 5.06. The van der Waals surface area contributed by atoms with Crippen LogP contribution in [0.3, 0.4) is 0 Å². The molecule has 0 unspecified atom stereocenters. The average molecular weight is 291 g/mol. The molecule has 7 nitrogen and oxygen atoms in total. The minimum absolute atomic E-state index is 0.259. The molecule has 2 rings (SSSR count). The Balaban J connectivity index is 1.93. The zero-order valence-electron chi connectivity index (χ0n) is 12.5. The molecule has 0 radical (unpaired) electrons. The van der Waals surface area contributed by atoms with Crippen LogP contribution in [0.2, 0.25) is 0 Å². The van der Waals surface area contributed by atoms with Gasteiger partial charge in [0.2, 0.25) is 5.95 Å². The van der Waals surface area contributed by atoms with Crippen molar-refractivity contribution in [3.8, 4) is 0 Å². The maximum Gasteiger partial charge on any atom is 0.303 e. The quantitative estimate of drug-likeness (QED) is 0.723. The Morgan fingerprint density at radius 2 is 2.05 bits per heavy atom. The van der Waals surface area contributed by atoms with Crippen LogP contribution < -0.4 is 5.32 Å². The molecule has 0 aromatic carbocycles. The van der Waals surface area contributed by atoms with Crippen molar-refractivity contribution in [3.05, 3.63) is 17.6 Å². The molecule has 2 aromatic heterocycles. The third kappa shape index (κ3) is 3.90. The van der Waals surface area contributed by atoms with Crippen LogP contribution in [0.1, 0.15) is 43.5 Å². The highest BCUT2D eigenvalue weighted by molar-refractivity contribution is 5.66. The van der Waals surface area contributed by atoms with Gasteiger partial charge in [0.15, 0.2) is 5.65 Å². The number of aryl methyl sites for hydroxylation is 2. The fourth-order valence-electron chi connectivity index (χ4n) is 2.31. The molecule has 2 heterocycles. The van der Waals surface area contributed by atoms with Crippen molar-refractivity contribution in [3.63, 3.8) is 0 Å². The first kappa shape index (κ1) is 15.2. The Kier molecular flexibility index (Phi) is 5.08. The maximum absolute atomic E-state index is 10.4. The second kappa shape index (κ2) is 7.01. The molecule has 0 aliphatic heterocycles. The van der Waals surface area contributed by atoms with E-state index in [-0.39, 0.29) is 6.42 Å². The summed E-state index contributed by atoms with van der Waals surface area (Å²) in [5.41, 5.74) is 1.95. The summed E-state index contributed by atoms with van der Waals surface area (Å²) >= 11 is 0. The van der Waals surface area contributed by atoms with Gasteiger partial charge in [-0.3, -0.25) is 4.79 Å². The van der Waals surface area contributed by atoms with Gasteiger partial charge in [0.05, 0.1) is 6.20 Å². The lowest BCUT2D eigenvalue weighted by molar-refractivity contribution is -0.137. The molecule has 0 aliphatic rings. The monoisotopic (exact) mass is 291 g/mol. The third-order valence-corrected chi connectivity index (χ3v) is 3.36. The standard InChI is InChI=1S/C14H21N5O2/c1-10-17-13-11(7-5-3-4-6-8-12(20)21)9-16-19(13)14(15-2)18-10/h9H,3-8H2,1-2H3,(H,20,21)(H,15,17,18). The van der Waals surface area contributed by atoms with Crippen molar-refractivity contribution < 1.29 is 9.90 Å². The highest BCUT2D eigenvalue weighted by atomic mass is 16.4. The van der Waals surface area contributed by atoms with Gasteiger partial charge < -0.3 is 10.4 Å². The highest BCUT2D eigenvalue weighted by Crippen LogP contribution is 2.16. The highest BCUT2D eigenvalue weighted by Gasteiger charge is 2.10. The smallest absolute Gasteiger partial charge is 0.303 e. The van der Waals surface area contributed by atoms with Crippen LogP contribution in [0, 0.1) is 6.92 Å². The number of carbonyl (C=O) groups is 1. The molecule has 0 bridgehead atoms. The normalized spacial score (nSPS) is 11.0. The molecular weight excluding hydrogens is 270 g/mol. The number of hydrogen-bond donors (Lipinski definition) is 2. The second-order valence-electron chi connectivity index (χ2n) is 5.06. The number of nitrogens with zero attached hydrogens (tertiary/aromatic N) is 4. The lowest BCUT2D eigenvalue weighted by atomic mass is 10.1. The van der Waals surface area contributed by atoms with Crippen molar-refractivity contribution in [2.75, 3.05) is 12.4 Å². The topological polar surface area (TPSA) is 92.4 Å². The molecule has 21 heavy (non-hydrogen) atoms. The molecular formula is C14H21N5O2. The van der Waals surface area contributed by atoms with Crippen molar-refractivity contribution in [2.24, 2.45) is 0 Å². The largest absolute Gasteiger partial charge is 0.481 e. The molecule has 0 saturated carbocycles. The lowest BCUT2D eigenvalue weighted by Gasteiger charge is -2.04. The van der Waals surface area contributed by atoms with Gasteiger partial charge in [-0.2, -0.15) is 14.6 Å². The number of nitrogens with one attached hydrogen (secondary N) is 1. The van der Waals surface area contributed by atoms with E-state index in [4.69, 9.17) is 5.11 Å². The van der Waals surface area contributed by atoms with Crippen LogP contribution >= 0.6 is 0 Å². The maximum atomic E-state index is 10.4. The number of carboxylic acids is 1. The minimum atomic E-state index is -0.718. The molecule has 114 valence electrons. The number of fused-ring (bicyclic) bond motifs is 1. The molecule has 0 fully saturated rings. The number of hydrogen-bond acceptors (Lipinski definition) is 5. The number of anilines is 1. The Bertz CT molecular complexity index is 623. The van der Waals surface area contributed by atoms with Crippen molar-refractivity contribution in [2.45, 2.75) is 45.4 Å². The molecule has 2 aromatic rings. The first-order chi connectivity index (χ1) is 10.1. The number of unbranched alkanes of at least 4 members (excludes halogenated alkanes) is 3. The molecule has 0 aliphatic carbocycles. The number of aromatic nitrogens is 4. The Labute approximate surface area is 123 Å². The number of rotatable bonds is 8. The van der Waals surface area contributed by atoms with Crippen molar-refractivity contribution in [1.82, 2.24) is 19.6 Å². The first-order valence-electron chi connectivity index (χ1n) is 7.22. The third-order valence-electron chi connectivity index (χ3n) is 3.36. The van der Waals surface area contributed by atoms with Crippen LogP contribution in [0.25, 0.3) is 5.65 Å². The summed E-state index contributed by atoms with van der Waals surface area (Å²) < 4.78 is 1.72. The molecule has 7 heteroatoms. The van der Waals surface area contributed by atoms with Crippen LogP contribution in [-0.4, -0.2) is 37.7 Å². The van der Waals surface area contributed by atoms with Gasteiger partial charge >= 0.3 is 5.97 Å². The zero-order chi connectivity index (χ0) is 15.2. The Morgan fingerprint density at radius 1 is 1.29 bits per heavy atom. The van der Waals surface area contributed by atoms with Crippen LogP contribution in [0.5, 0.6) is 0 Å². The summed E-state index contributed by atoms with van der Waals surface area (Å²) in [4.78, 5) is 19.2. The van der Waals surface area contributed by atoms with Gasteiger partial charge in [-0.25, -0.2) is 4.98 Å². The molecule has 0 saturated heterocycles. The van der Waals surface area contributed by atoms with Gasteiger partial charge in [-0.1, -0.05) is 12.8 Å². The average Bonchev–Trinajstić information content (AvgIpc) is 2.84. The molecule has 2 N–H and O–H groups in total. The van der Waals surface area contributed by atoms with E-state index < -0.39 is 5.97 Å². The predicted octanol–water partition coefficient (Wildman–Crippen LogP) is 2.05. The van der Waals surface area contributed by atoms with E-state index >= 15 is 0 Å². The van der Waals surface area contributed by atoms with E-state index in [2.05, 4.69) is 20.4 Å². The minimum Gasteiger partial charge on any atom is -0.481 e. The lowest BCUT2D eigenvalue weighted by Crippen LogP contribution is -2.06. The van der Waals surface area contributed by atoms with Crippen LogP contribution in [0.15, 0.2) is 6.20 Å². The van der Waals surface area contributed by atoms with Crippen LogP contribution in [-0.2, 0) is 11.2 Å². The fourth-order valence-corrected chi connectivity index (χ4v) is 2.31. The van der Waals surface area contributed by atoms with E-state index in [9.17, 15) is 4.79 Å². The van der Waals surface area contributed by atoms with E-state index in [0.29, 0.717) is 5.95 Å². The fraction of sp³-hybridized carbons (Fsp3) is 0.571. The van der Waals surface area contributed by atoms with E-state index in [0.717, 1.165) is 49.1 Å². The van der Waals surface area contributed by atoms with Gasteiger partial charge in [-0.15, -0.1) is 0 Å². The number of aliphatic carboxylic acids is 1. The first-order valence-corrected chi connectivity index (χ1v) is 7.22. The van der Waals surface area contributed by atoms with E-state index in [1.807, 2.05) is 20.2 Å². The summed E-state index contributed by atoms with van der Waals surface area (Å²) in [7, 11) is 1.81. The van der Waals surface area contributed by atoms with E-state index in [1.165, 1.54) is 0 Å². The summed E-state index contributed by atoms with van der Waals surface area (Å²) in [6.45, 7) is 1.86. The molecule has 0 amide bonds. The summed E-state index contributed by atoms with van der Waals surface area (Å²) in [5.74, 6) is 0.685. The van der Waals surface area contributed by atoms with Crippen molar-refractivity contribution >= 4 is 17.6 Å². The number of carboxylic acid groups (broad SMARTS) is 1. The Morgan fingerprint density at radius 3 is 2.76 bits per heavy atom. The SMILES string of the molecule is CNc1nc(C)nc2c(CCCCCCC(=O)O)cnn12. The molecule has 0 spiro atoms. The zero-order valence-corrected chi connectivity index (χ0v) is 12.5. The van der Waals surface area contributed by atoms with Gasteiger partial charge in [0.25, 0.3) is 0 Å². The van der Waals surface area contributed by atoms with Crippen LogP contribution in [0.4, 0.5) is 5.95 Å². The Hall–Kier alpha value is -2.18. The van der Waals surface area contributed by atoms with Gasteiger partial charge in [-0.05, 0) is 26.2 Å². The molecule has 0 atom stereocenters. The summed E-state index contributed by atoms with van der Waals surface area (Å²) in [5, 5.41) is 15.9. The summed E-state index contributed by atoms with van der Waals surface area (Å²) in [6.07, 6.45) is 6.72. The van der Waals surface area contributed by atoms with Gasteiger partial charge in [0.1, 0.15) is 5.82 Å². The van der Waals surface area contributed by atoms with Crippen molar-refractivity contribution in [1.29, 1.82) is 0 Å². The predicted molar refractivity (Wildman–Crippen MR) is 79.5 cm³/mol. The van der Waals surface area contributed by atoms with E-state index in [1.54, 1.807) is 4.52 Å². The summed E-state index contributed by atoms with van der Waals surface area (Å²) in [6, 6.07) is 0.